The Kier molecular flexibility index (Phi) is 6.36. The van der Waals surface area contributed by atoms with E-state index in [1.165, 1.54) is 0 Å². The summed E-state index contributed by atoms with van der Waals surface area (Å²) in [4.78, 5) is 22.7. The number of hydrogen-bond donors (Lipinski definition) is 1. The van der Waals surface area contributed by atoms with Crippen LogP contribution in [0.1, 0.15) is 51.3 Å². The molecule has 0 saturated heterocycles. The standard InChI is InChI=1S/C25H29ClN6O2/c1-5-16-23(26)31-25(32-24(16)28-12-22-13(2)29-15(4)34-22)33-14(3)17-11-18(17)19-8-9-20-21(30-19)7-6-10-27-20/h6-10,14-15,17-18,22H,5,11-12H2,1-4H3,(H,28,31,32). The van der Waals surface area contributed by atoms with E-state index >= 15 is 0 Å². The number of nitrogens with zero attached hydrogens (tertiary/aromatic N) is 5. The van der Waals surface area contributed by atoms with Crippen molar-refractivity contribution in [3.05, 3.63) is 46.9 Å². The third kappa shape index (κ3) is 4.70. The molecule has 8 nitrogen and oxygen atoms in total. The molecule has 2 aliphatic rings. The zero-order valence-electron chi connectivity index (χ0n) is 19.8. The average Bonchev–Trinajstić information content (AvgIpc) is 3.56. The third-order valence-electron chi connectivity index (χ3n) is 6.55. The van der Waals surface area contributed by atoms with Gasteiger partial charge in [-0.05, 0) is 57.9 Å². The minimum atomic E-state index is -0.119. The highest BCUT2D eigenvalue weighted by atomic mass is 35.5. The highest BCUT2D eigenvalue weighted by molar-refractivity contribution is 6.30. The van der Waals surface area contributed by atoms with Crippen molar-refractivity contribution in [2.45, 2.75) is 64.9 Å². The van der Waals surface area contributed by atoms with E-state index in [-0.39, 0.29) is 24.4 Å². The second-order valence-corrected chi connectivity index (χ2v) is 9.32. The minimum Gasteiger partial charge on any atom is -0.460 e. The lowest BCUT2D eigenvalue weighted by Crippen LogP contribution is -2.27. The molecule has 4 heterocycles. The maximum atomic E-state index is 6.50. The summed E-state index contributed by atoms with van der Waals surface area (Å²) in [6.45, 7) is 8.56. The van der Waals surface area contributed by atoms with E-state index in [1.54, 1.807) is 6.20 Å². The molecular weight excluding hydrogens is 452 g/mol. The van der Waals surface area contributed by atoms with Gasteiger partial charge in [-0.3, -0.25) is 15.0 Å². The van der Waals surface area contributed by atoms with Crippen LogP contribution < -0.4 is 10.1 Å². The van der Waals surface area contributed by atoms with Gasteiger partial charge in [-0.25, -0.2) is 0 Å². The Balaban J connectivity index is 1.26. The maximum Gasteiger partial charge on any atom is 0.320 e. The average molecular weight is 481 g/mol. The highest BCUT2D eigenvalue weighted by Crippen LogP contribution is 2.49. The van der Waals surface area contributed by atoms with Crippen LogP contribution in [-0.4, -0.2) is 50.6 Å². The molecule has 1 N–H and O–H groups in total. The Morgan fingerprint density at radius 3 is 2.82 bits per heavy atom. The zero-order chi connectivity index (χ0) is 23.8. The van der Waals surface area contributed by atoms with Gasteiger partial charge in [-0.15, -0.1) is 0 Å². The van der Waals surface area contributed by atoms with Gasteiger partial charge in [-0.1, -0.05) is 18.5 Å². The lowest BCUT2D eigenvalue weighted by atomic mass is 10.1. The monoisotopic (exact) mass is 480 g/mol. The fraction of sp³-hybridized carbons (Fsp3) is 0.480. The van der Waals surface area contributed by atoms with Crippen LogP contribution in [0, 0.1) is 5.92 Å². The highest BCUT2D eigenvalue weighted by Gasteiger charge is 2.44. The summed E-state index contributed by atoms with van der Waals surface area (Å²) in [5.41, 5.74) is 4.74. The second-order valence-electron chi connectivity index (χ2n) is 8.96. The van der Waals surface area contributed by atoms with E-state index in [9.17, 15) is 0 Å². The van der Waals surface area contributed by atoms with Crippen LogP contribution in [0.2, 0.25) is 5.15 Å². The lowest BCUT2D eigenvalue weighted by molar-refractivity contribution is 0.0691. The quantitative estimate of drug-likeness (QED) is 0.461. The van der Waals surface area contributed by atoms with Crippen molar-refractivity contribution in [2.24, 2.45) is 10.9 Å². The minimum absolute atomic E-state index is 0.0684. The van der Waals surface area contributed by atoms with Crippen molar-refractivity contribution in [3.8, 4) is 6.01 Å². The number of halogens is 1. The van der Waals surface area contributed by atoms with Crippen molar-refractivity contribution in [1.29, 1.82) is 0 Å². The molecule has 178 valence electrons. The van der Waals surface area contributed by atoms with Gasteiger partial charge >= 0.3 is 6.01 Å². The Morgan fingerprint density at radius 2 is 2.06 bits per heavy atom. The van der Waals surface area contributed by atoms with Crippen molar-refractivity contribution < 1.29 is 9.47 Å². The maximum absolute atomic E-state index is 6.50. The number of nitrogens with one attached hydrogen (secondary N) is 1. The second kappa shape index (κ2) is 9.43. The van der Waals surface area contributed by atoms with Gasteiger partial charge in [0.15, 0.2) is 0 Å². The van der Waals surface area contributed by atoms with Gasteiger partial charge in [0.2, 0.25) is 0 Å². The van der Waals surface area contributed by atoms with E-state index in [2.05, 4.69) is 38.3 Å². The van der Waals surface area contributed by atoms with Crippen LogP contribution in [-0.2, 0) is 11.2 Å². The van der Waals surface area contributed by atoms with E-state index in [4.69, 9.17) is 26.1 Å². The number of aliphatic imine (C=N–C) groups is 1. The molecule has 34 heavy (non-hydrogen) atoms. The number of fused-ring (bicyclic) bond motifs is 1. The van der Waals surface area contributed by atoms with Gasteiger partial charge in [0.05, 0.1) is 11.0 Å². The van der Waals surface area contributed by atoms with Gasteiger partial charge in [0, 0.05) is 41.5 Å². The Labute approximate surface area is 204 Å². The summed E-state index contributed by atoms with van der Waals surface area (Å²) >= 11 is 6.50. The predicted molar refractivity (Wildman–Crippen MR) is 133 cm³/mol. The zero-order valence-corrected chi connectivity index (χ0v) is 20.6. The normalized spacial score (nSPS) is 24.7. The van der Waals surface area contributed by atoms with E-state index < -0.39 is 0 Å². The smallest absolute Gasteiger partial charge is 0.320 e. The molecule has 5 unspecified atom stereocenters. The summed E-state index contributed by atoms with van der Waals surface area (Å²) < 4.78 is 12.0. The largest absolute Gasteiger partial charge is 0.460 e. The summed E-state index contributed by atoms with van der Waals surface area (Å²) in [6.07, 6.45) is 3.23. The van der Waals surface area contributed by atoms with Crippen LogP contribution in [0.25, 0.3) is 11.0 Å². The molecule has 3 aromatic rings. The number of hydrogen-bond acceptors (Lipinski definition) is 8. The first-order valence-electron chi connectivity index (χ1n) is 11.8. The Bertz CT molecular complexity index is 1240. The predicted octanol–water partition coefficient (Wildman–Crippen LogP) is 4.82. The summed E-state index contributed by atoms with van der Waals surface area (Å²) in [6, 6.07) is 8.28. The van der Waals surface area contributed by atoms with E-state index in [1.807, 2.05) is 39.0 Å². The van der Waals surface area contributed by atoms with Crippen molar-refractivity contribution in [2.75, 3.05) is 11.9 Å². The van der Waals surface area contributed by atoms with Gasteiger partial charge in [0.1, 0.15) is 29.4 Å². The molecular formula is C25H29ClN6O2. The molecule has 0 amide bonds. The van der Waals surface area contributed by atoms with Crippen LogP contribution in [0.3, 0.4) is 0 Å². The SMILES string of the molecule is CCc1c(Cl)nc(OC(C)C2CC2c2ccc3ncccc3n2)nc1NCC1OC(C)N=C1C. The molecule has 1 aliphatic carbocycles. The molecule has 0 bridgehead atoms. The first-order chi connectivity index (χ1) is 16.4. The van der Waals surface area contributed by atoms with Crippen LogP contribution in [0.4, 0.5) is 5.82 Å². The van der Waals surface area contributed by atoms with E-state index in [0.717, 1.165) is 34.4 Å². The Hall–Kier alpha value is -2.84. The van der Waals surface area contributed by atoms with Gasteiger partial charge in [0.25, 0.3) is 0 Å². The molecule has 9 heteroatoms. The lowest BCUT2D eigenvalue weighted by Gasteiger charge is -2.18. The fourth-order valence-corrected chi connectivity index (χ4v) is 4.87. The third-order valence-corrected chi connectivity index (χ3v) is 6.86. The first kappa shape index (κ1) is 22.9. The van der Waals surface area contributed by atoms with Crippen molar-refractivity contribution >= 4 is 34.2 Å². The fourth-order valence-electron chi connectivity index (χ4n) is 4.58. The molecule has 0 radical (unpaired) electrons. The Morgan fingerprint density at radius 1 is 1.21 bits per heavy atom. The molecule has 1 fully saturated rings. The van der Waals surface area contributed by atoms with Crippen molar-refractivity contribution in [3.63, 3.8) is 0 Å². The number of pyridine rings is 2. The molecule has 1 saturated carbocycles. The molecule has 5 atom stereocenters. The molecule has 0 aromatic carbocycles. The number of aromatic nitrogens is 4. The van der Waals surface area contributed by atoms with Gasteiger partial charge in [-0.2, -0.15) is 9.97 Å². The summed E-state index contributed by atoms with van der Waals surface area (Å²) in [7, 11) is 0. The molecule has 0 spiro atoms. The van der Waals surface area contributed by atoms with Crippen LogP contribution in [0.5, 0.6) is 6.01 Å². The number of rotatable bonds is 8. The number of ether oxygens (including phenoxy) is 2. The van der Waals surface area contributed by atoms with Crippen LogP contribution >= 0.6 is 11.6 Å². The van der Waals surface area contributed by atoms with Crippen LogP contribution in [0.15, 0.2) is 35.5 Å². The summed E-state index contributed by atoms with van der Waals surface area (Å²) in [5, 5.41) is 3.78. The molecule has 3 aromatic heterocycles. The topological polar surface area (TPSA) is 94.4 Å². The number of anilines is 1. The summed E-state index contributed by atoms with van der Waals surface area (Å²) in [5.74, 6) is 1.38. The molecule has 1 aliphatic heterocycles. The van der Waals surface area contributed by atoms with Gasteiger partial charge < -0.3 is 14.8 Å². The van der Waals surface area contributed by atoms with E-state index in [0.29, 0.717) is 35.8 Å². The van der Waals surface area contributed by atoms with Crippen molar-refractivity contribution in [1.82, 2.24) is 19.9 Å². The first-order valence-corrected chi connectivity index (χ1v) is 12.2. The molecule has 5 rings (SSSR count).